The van der Waals surface area contributed by atoms with Crippen molar-refractivity contribution in [2.24, 2.45) is 0 Å². The van der Waals surface area contributed by atoms with Crippen molar-refractivity contribution in [1.29, 1.82) is 0 Å². The summed E-state index contributed by atoms with van der Waals surface area (Å²) in [5.41, 5.74) is -0.841. The second kappa shape index (κ2) is 3.41. The molecule has 4 nitrogen and oxygen atoms in total. The van der Waals surface area contributed by atoms with Crippen molar-refractivity contribution in [1.82, 2.24) is 10.6 Å². The predicted octanol–water partition coefficient (Wildman–Crippen LogP) is -0.314. The fraction of sp³-hybridized carbons (Fsp3) is 0.833. The van der Waals surface area contributed by atoms with Gasteiger partial charge in [0.2, 0.25) is 0 Å². The van der Waals surface area contributed by atoms with Gasteiger partial charge in [-0.25, -0.2) is 4.79 Å². The molecule has 0 fully saturated rings. The Labute approximate surface area is 60.6 Å². The highest BCUT2D eigenvalue weighted by atomic mass is 16.3. The number of nitrogens with one attached hydrogen (secondary N) is 2. The maximum Gasteiger partial charge on any atom is 0.314 e. The van der Waals surface area contributed by atoms with Gasteiger partial charge in [-0.05, 0) is 13.8 Å². The van der Waals surface area contributed by atoms with Crippen LogP contribution < -0.4 is 10.6 Å². The molecule has 0 saturated heterocycles. The molecule has 0 unspecified atom stereocenters. The summed E-state index contributed by atoms with van der Waals surface area (Å²) in [4.78, 5) is 10.5. The summed E-state index contributed by atoms with van der Waals surface area (Å²) >= 11 is 0. The minimum absolute atomic E-state index is 0.257. The van der Waals surface area contributed by atoms with Gasteiger partial charge < -0.3 is 15.7 Å². The summed E-state index contributed by atoms with van der Waals surface area (Å²) in [5, 5.41) is 14.0. The van der Waals surface area contributed by atoms with Crippen LogP contribution in [-0.4, -0.2) is 30.3 Å². The van der Waals surface area contributed by atoms with Crippen LogP contribution >= 0.6 is 0 Å². The van der Waals surface area contributed by atoms with Gasteiger partial charge in [0.05, 0.1) is 5.60 Å². The van der Waals surface area contributed by atoms with Crippen LogP contribution in [0.4, 0.5) is 4.79 Å². The van der Waals surface area contributed by atoms with E-state index in [1.54, 1.807) is 13.8 Å². The van der Waals surface area contributed by atoms with E-state index in [1.807, 2.05) is 0 Å². The SMILES string of the molecule is CNC(=O)NCC(C)(C)O. The molecule has 4 heteroatoms. The third-order valence-electron chi connectivity index (χ3n) is 0.909. The second-order valence-electron chi connectivity index (χ2n) is 2.75. The van der Waals surface area contributed by atoms with Crippen molar-refractivity contribution in [3.63, 3.8) is 0 Å². The molecule has 0 aliphatic rings. The van der Waals surface area contributed by atoms with Crippen LogP contribution in [0, 0.1) is 0 Å². The highest BCUT2D eigenvalue weighted by molar-refractivity contribution is 5.73. The fourth-order valence-corrected chi connectivity index (χ4v) is 0.385. The van der Waals surface area contributed by atoms with Gasteiger partial charge in [-0.15, -0.1) is 0 Å². The molecule has 0 rings (SSSR count). The molecule has 0 aromatic carbocycles. The molecule has 0 heterocycles. The topological polar surface area (TPSA) is 61.4 Å². The zero-order valence-corrected chi connectivity index (χ0v) is 6.56. The maximum absolute atomic E-state index is 10.5. The van der Waals surface area contributed by atoms with E-state index in [-0.39, 0.29) is 12.6 Å². The van der Waals surface area contributed by atoms with Crippen molar-refractivity contribution >= 4 is 6.03 Å². The Morgan fingerprint density at radius 3 is 2.40 bits per heavy atom. The average molecular weight is 146 g/mol. The first-order valence-corrected chi connectivity index (χ1v) is 3.13. The number of hydrogen-bond acceptors (Lipinski definition) is 2. The summed E-state index contributed by atoms with van der Waals surface area (Å²) in [6.45, 7) is 3.51. The van der Waals surface area contributed by atoms with E-state index >= 15 is 0 Å². The third kappa shape index (κ3) is 5.37. The Morgan fingerprint density at radius 1 is 1.60 bits per heavy atom. The van der Waals surface area contributed by atoms with Gasteiger partial charge in [0.15, 0.2) is 0 Å². The molecule has 0 bridgehead atoms. The van der Waals surface area contributed by atoms with Crippen molar-refractivity contribution in [2.75, 3.05) is 13.6 Å². The monoisotopic (exact) mass is 146 g/mol. The van der Waals surface area contributed by atoms with Crippen molar-refractivity contribution in [3.8, 4) is 0 Å². The fourth-order valence-electron chi connectivity index (χ4n) is 0.385. The van der Waals surface area contributed by atoms with E-state index < -0.39 is 5.60 Å². The van der Waals surface area contributed by atoms with E-state index in [2.05, 4.69) is 10.6 Å². The number of carbonyl (C=O) groups excluding carboxylic acids is 1. The summed E-state index contributed by atoms with van der Waals surface area (Å²) in [5.74, 6) is 0. The van der Waals surface area contributed by atoms with Gasteiger partial charge in [0, 0.05) is 13.6 Å². The molecular weight excluding hydrogens is 132 g/mol. The van der Waals surface area contributed by atoms with Crippen LogP contribution in [0.1, 0.15) is 13.8 Å². The summed E-state index contributed by atoms with van der Waals surface area (Å²) in [6.07, 6.45) is 0. The molecule has 0 atom stereocenters. The average Bonchev–Trinajstić information content (AvgIpc) is 1.81. The first-order chi connectivity index (χ1) is 4.45. The largest absolute Gasteiger partial charge is 0.389 e. The Kier molecular flexibility index (Phi) is 3.15. The molecule has 2 amide bonds. The van der Waals surface area contributed by atoms with Crippen LogP contribution in [-0.2, 0) is 0 Å². The van der Waals surface area contributed by atoms with Gasteiger partial charge in [0.25, 0.3) is 0 Å². The summed E-state index contributed by atoms with van der Waals surface area (Å²) < 4.78 is 0. The first-order valence-electron chi connectivity index (χ1n) is 3.13. The normalized spacial score (nSPS) is 10.8. The molecule has 60 valence electrons. The van der Waals surface area contributed by atoms with Gasteiger partial charge in [-0.1, -0.05) is 0 Å². The number of rotatable bonds is 2. The number of aliphatic hydroxyl groups is 1. The molecule has 3 N–H and O–H groups in total. The van der Waals surface area contributed by atoms with Crippen LogP contribution in [0.25, 0.3) is 0 Å². The first kappa shape index (κ1) is 9.23. The third-order valence-corrected chi connectivity index (χ3v) is 0.909. The maximum atomic E-state index is 10.5. The lowest BCUT2D eigenvalue weighted by molar-refractivity contribution is 0.0820. The van der Waals surface area contributed by atoms with E-state index in [0.29, 0.717) is 0 Å². The Morgan fingerprint density at radius 2 is 2.10 bits per heavy atom. The van der Waals surface area contributed by atoms with E-state index in [1.165, 1.54) is 7.05 Å². The number of carbonyl (C=O) groups is 1. The molecule has 0 aromatic rings. The lowest BCUT2D eigenvalue weighted by atomic mass is 10.1. The summed E-state index contributed by atoms with van der Waals surface area (Å²) in [7, 11) is 1.53. The van der Waals surface area contributed by atoms with Crippen LogP contribution in [0.2, 0.25) is 0 Å². The molecular formula is C6H14N2O2. The molecule has 0 aliphatic carbocycles. The lowest BCUT2D eigenvalue weighted by Crippen LogP contribution is -2.42. The van der Waals surface area contributed by atoms with Crippen molar-refractivity contribution < 1.29 is 9.90 Å². The van der Waals surface area contributed by atoms with E-state index in [0.717, 1.165) is 0 Å². The number of amides is 2. The molecule has 0 aliphatic heterocycles. The smallest absolute Gasteiger partial charge is 0.314 e. The molecule has 0 saturated carbocycles. The van der Waals surface area contributed by atoms with Gasteiger partial charge in [-0.2, -0.15) is 0 Å². The van der Waals surface area contributed by atoms with Crippen LogP contribution in [0.5, 0.6) is 0 Å². The van der Waals surface area contributed by atoms with Gasteiger partial charge in [0.1, 0.15) is 0 Å². The molecule has 0 radical (unpaired) electrons. The minimum Gasteiger partial charge on any atom is -0.389 e. The van der Waals surface area contributed by atoms with E-state index in [4.69, 9.17) is 5.11 Å². The van der Waals surface area contributed by atoms with Gasteiger partial charge in [-0.3, -0.25) is 0 Å². The molecule has 0 spiro atoms. The molecule has 0 aromatic heterocycles. The Bertz CT molecular complexity index is 117. The predicted molar refractivity (Wildman–Crippen MR) is 38.8 cm³/mol. The van der Waals surface area contributed by atoms with E-state index in [9.17, 15) is 4.79 Å². The minimum atomic E-state index is -0.841. The number of hydrogen-bond donors (Lipinski definition) is 3. The summed E-state index contributed by atoms with van der Waals surface area (Å²) in [6, 6.07) is -0.276. The Balaban J connectivity index is 3.46. The zero-order chi connectivity index (χ0) is 8.20. The second-order valence-corrected chi connectivity index (χ2v) is 2.75. The molecule has 10 heavy (non-hydrogen) atoms. The van der Waals surface area contributed by atoms with Gasteiger partial charge >= 0.3 is 6.03 Å². The van der Waals surface area contributed by atoms with Crippen molar-refractivity contribution in [3.05, 3.63) is 0 Å². The van der Waals surface area contributed by atoms with Crippen LogP contribution in [0.15, 0.2) is 0 Å². The Hall–Kier alpha value is -0.770. The quantitative estimate of drug-likeness (QED) is 0.500. The zero-order valence-electron chi connectivity index (χ0n) is 6.56. The van der Waals surface area contributed by atoms with Crippen molar-refractivity contribution in [2.45, 2.75) is 19.4 Å². The lowest BCUT2D eigenvalue weighted by Gasteiger charge is -2.16. The highest BCUT2D eigenvalue weighted by Gasteiger charge is 2.12. The number of urea groups is 1. The van der Waals surface area contributed by atoms with Crippen LogP contribution in [0.3, 0.4) is 0 Å². The highest BCUT2D eigenvalue weighted by Crippen LogP contribution is 1.96. The standard InChI is InChI=1S/C6H14N2O2/c1-6(2,10)4-8-5(9)7-3/h10H,4H2,1-3H3,(H2,7,8,9).